The van der Waals surface area contributed by atoms with E-state index in [1.54, 1.807) is 22.8 Å². The van der Waals surface area contributed by atoms with Crippen molar-refractivity contribution >= 4 is 35.3 Å². The van der Waals surface area contributed by atoms with Gasteiger partial charge < -0.3 is 14.8 Å². The molecule has 154 valence electrons. The Kier molecular flexibility index (Phi) is 6.87. The van der Waals surface area contributed by atoms with Crippen LogP contribution in [0.4, 0.5) is 5.69 Å². The number of aromatic nitrogens is 2. The molecule has 1 N–H and O–H groups in total. The van der Waals surface area contributed by atoms with Crippen molar-refractivity contribution in [1.82, 2.24) is 9.55 Å². The Bertz CT molecular complexity index is 1070. The van der Waals surface area contributed by atoms with Crippen LogP contribution in [0.3, 0.4) is 0 Å². The van der Waals surface area contributed by atoms with Gasteiger partial charge in [-0.1, -0.05) is 42.1 Å². The van der Waals surface area contributed by atoms with Crippen LogP contribution in [-0.4, -0.2) is 47.4 Å². The molecule has 3 rings (SSSR count). The van der Waals surface area contributed by atoms with Crippen molar-refractivity contribution in [1.29, 1.82) is 0 Å². The van der Waals surface area contributed by atoms with Gasteiger partial charge in [-0.2, -0.15) is 0 Å². The Morgan fingerprint density at radius 2 is 1.73 bits per heavy atom. The first-order chi connectivity index (χ1) is 14.5. The van der Waals surface area contributed by atoms with Crippen molar-refractivity contribution in [3.63, 3.8) is 0 Å². The molecule has 2 aromatic carbocycles. The minimum absolute atomic E-state index is 0.200. The first-order valence-corrected chi connectivity index (χ1v) is 10.1. The highest BCUT2D eigenvalue weighted by atomic mass is 32.2. The van der Waals surface area contributed by atoms with Gasteiger partial charge in [0.1, 0.15) is 0 Å². The quantitative estimate of drug-likeness (QED) is 0.458. The summed E-state index contributed by atoms with van der Waals surface area (Å²) >= 11 is 1.38. The fourth-order valence-corrected chi connectivity index (χ4v) is 3.27. The normalized spacial score (nSPS) is 10.3. The Labute approximate surface area is 177 Å². The van der Waals surface area contributed by atoms with Crippen molar-refractivity contribution in [2.45, 2.75) is 5.16 Å². The third-order valence-corrected chi connectivity index (χ3v) is 4.73. The van der Waals surface area contributed by atoms with Crippen LogP contribution in [0.2, 0.25) is 0 Å². The summed E-state index contributed by atoms with van der Waals surface area (Å²) in [5.41, 5.74) is 1.42. The summed E-state index contributed by atoms with van der Waals surface area (Å²) in [4.78, 5) is 40.9. The summed E-state index contributed by atoms with van der Waals surface area (Å²) < 4.78 is 11.5. The molecule has 0 fully saturated rings. The van der Waals surface area contributed by atoms with Gasteiger partial charge in [0.2, 0.25) is 0 Å². The largest absolute Gasteiger partial charge is 0.465 e. The SMILES string of the molecule is COC(=O)c1ccccc1NC(=O)COC(=O)c1cnc(SC)n1-c1ccccc1. The Morgan fingerprint density at radius 3 is 2.43 bits per heavy atom. The van der Waals surface area contributed by atoms with Crippen LogP contribution < -0.4 is 5.32 Å². The highest BCUT2D eigenvalue weighted by Crippen LogP contribution is 2.22. The number of thioether (sulfide) groups is 1. The molecule has 1 heterocycles. The molecule has 1 amide bonds. The van der Waals surface area contributed by atoms with Crippen molar-refractivity contribution in [2.75, 3.05) is 25.3 Å². The number of rotatable bonds is 7. The van der Waals surface area contributed by atoms with Gasteiger partial charge in [-0.25, -0.2) is 14.6 Å². The van der Waals surface area contributed by atoms with E-state index >= 15 is 0 Å². The molecule has 0 saturated heterocycles. The molecule has 3 aromatic rings. The number of nitrogens with zero attached hydrogens (tertiary/aromatic N) is 2. The molecule has 0 aliphatic carbocycles. The lowest BCUT2D eigenvalue weighted by atomic mass is 10.2. The van der Waals surface area contributed by atoms with Gasteiger partial charge >= 0.3 is 11.9 Å². The summed E-state index contributed by atoms with van der Waals surface area (Å²) in [5.74, 6) is -1.86. The molecule has 1 aromatic heterocycles. The first kappa shape index (κ1) is 21.1. The summed E-state index contributed by atoms with van der Waals surface area (Å²) in [6.45, 7) is -0.525. The minimum atomic E-state index is -0.692. The lowest BCUT2D eigenvalue weighted by Crippen LogP contribution is -2.23. The number of para-hydroxylation sites is 2. The van der Waals surface area contributed by atoms with Gasteiger partial charge in [-0.3, -0.25) is 9.36 Å². The molecule has 0 radical (unpaired) electrons. The number of benzene rings is 2. The molecule has 9 heteroatoms. The van der Waals surface area contributed by atoms with Crippen molar-refractivity contribution in [3.05, 3.63) is 72.1 Å². The zero-order valence-electron chi connectivity index (χ0n) is 16.3. The molecule has 0 spiro atoms. The van der Waals surface area contributed by atoms with Gasteiger partial charge in [0, 0.05) is 5.69 Å². The summed E-state index contributed by atoms with van der Waals surface area (Å²) in [6.07, 6.45) is 3.26. The topological polar surface area (TPSA) is 99.5 Å². The summed E-state index contributed by atoms with van der Waals surface area (Å²) in [6, 6.07) is 15.6. The molecule has 8 nitrogen and oxygen atoms in total. The predicted molar refractivity (Wildman–Crippen MR) is 112 cm³/mol. The Hall–Kier alpha value is -3.59. The van der Waals surface area contributed by atoms with E-state index in [0.29, 0.717) is 5.16 Å². The van der Waals surface area contributed by atoms with E-state index in [4.69, 9.17) is 9.47 Å². The highest BCUT2D eigenvalue weighted by molar-refractivity contribution is 7.98. The third kappa shape index (κ3) is 4.69. The fraction of sp³-hybridized carbons (Fsp3) is 0.143. The second-order valence-electron chi connectivity index (χ2n) is 5.96. The maximum atomic E-state index is 12.6. The van der Waals surface area contributed by atoms with Gasteiger partial charge in [-0.05, 0) is 30.5 Å². The molecule has 0 unspecified atom stereocenters. The number of amides is 1. The first-order valence-electron chi connectivity index (χ1n) is 8.86. The number of anilines is 1. The van der Waals surface area contributed by atoms with Crippen molar-refractivity contribution in [2.24, 2.45) is 0 Å². The van der Waals surface area contributed by atoms with E-state index in [2.05, 4.69) is 10.3 Å². The van der Waals surface area contributed by atoms with Crippen LogP contribution in [-0.2, 0) is 14.3 Å². The fourth-order valence-electron chi connectivity index (χ4n) is 2.72. The number of carbonyl (C=O) groups excluding carboxylic acids is 3. The van der Waals surface area contributed by atoms with Gasteiger partial charge in [0.05, 0.1) is 24.6 Å². The average molecular weight is 425 g/mol. The van der Waals surface area contributed by atoms with Crippen molar-refractivity contribution < 1.29 is 23.9 Å². The number of carbonyl (C=O) groups is 3. The molecule has 0 atom stereocenters. The zero-order valence-corrected chi connectivity index (χ0v) is 17.1. The molecule has 0 aliphatic heterocycles. The smallest absolute Gasteiger partial charge is 0.357 e. The van der Waals surface area contributed by atoms with E-state index in [9.17, 15) is 14.4 Å². The Morgan fingerprint density at radius 1 is 1.03 bits per heavy atom. The summed E-state index contributed by atoms with van der Waals surface area (Å²) in [7, 11) is 1.25. The van der Waals surface area contributed by atoms with E-state index in [-0.39, 0.29) is 16.9 Å². The van der Waals surface area contributed by atoms with Crippen LogP contribution >= 0.6 is 11.8 Å². The Balaban J connectivity index is 1.71. The van der Waals surface area contributed by atoms with Crippen LogP contribution in [0.15, 0.2) is 66.0 Å². The van der Waals surface area contributed by atoms with Gasteiger partial charge in [-0.15, -0.1) is 0 Å². The van der Waals surface area contributed by atoms with Crippen molar-refractivity contribution in [3.8, 4) is 5.69 Å². The number of ether oxygens (including phenoxy) is 2. The van der Waals surface area contributed by atoms with E-state index in [1.165, 1.54) is 31.1 Å². The number of hydrogen-bond donors (Lipinski definition) is 1. The number of methoxy groups -OCH3 is 1. The van der Waals surface area contributed by atoms with Crippen LogP contribution in [0.1, 0.15) is 20.8 Å². The van der Waals surface area contributed by atoms with Gasteiger partial charge in [0.25, 0.3) is 5.91 Å². The van der Waals surface area contributed by atoms with Crippen LogP contribution in [0.25, 0.3) is 5.69 Å². The van der Waals surface area contributed by atoms with E-state index in [0.717, 1.165) is 5.69 Å². The third-order valence-electron chi connectivity index (χ3n) is 4.08. The number of esters is 2. The maximum Gasteiger partial charge on any atom is 0.357 e. The van der Waals surface area contributed by atoms with Gasteiger partial charge in [0.15, 0.2) is 17.5 Å². The standard InChI is InChI=1S/C21H19N3O5S/c1-28-19(26)15-10-6-7-11-16(15)23-18(25)13-29-20(27)17-12-22-21(30-2)24(17)14-8-4-3-5-9-14/h3-12H,13H2,1-2H3,(H,23,25). The maximum absolute atomic E-state index is 12.6. The zero-order chi connectivity index (χ0) is 21.5. The minimum Gasteiger partial charge on any atom is -0.465 e. The molecular weight excluding hydrogens is 406 g/mol. The molecule has 30 heavy (non-hydrogen) atoms. The van der Waals surface area contributed by atoms with Crippen LogP contribution in [0, 0.1) is 0 Å². The molecular formula is C21H19N3O5S. The molecule has 0 aliphatic rings. The van der Waals surface area contributed by atoms with E-state index < -0.39 is 24.5 Å². The summed E-state index contributed by atoms with van der Waals surface area (Å²) in [5, 5.41) is 3.17. The second kappa shape index (κ2) is 9.75. The number of imidazole rings is 1. The highest BCUT2D eigenvalue weighted by Gasteiger charge is 2.20. The average Bonchev–Trinajstić information content (AvgIpc) is 3.22. The number of hydrogen-bond acceptors (Lipinski definition) is 7. The lowest BCUT2D eigenvalue weighted by Gasteiger charge is -2.12. The number of nitrogens with one attached hydrogen (secondary N) is 1. The predicted octanol–water partition coefficient (Wildman–Crippen LogP) is 3.18. The monoisotopic (exact) mass is 425 g/mol. The molecule has 0 bridgehead atoms. The molecule has 0 saturated carbocycles. The second-order valence-corrected chi connectivity index (χ2v) is 6.74. The van der Waals surface area contributed by atoms with E-state index in [1.807, 2.05) is 36.6 Å². The van der Waals surface area contributed by atoms with Crippen LogP contribution in [0.5, 0.6) is 0 Å². The lowest BCUT2D eigenvalue weighted by molar-refractivity contribution is -0.119.